The second kappa shape index (κ2) is 6.06. The van der Waals surface area contributed by atoms with Crippen LogP contribution in [0.2, 0.25) is 0 Å². The van der Waals surface area contributed by atoms with E-state index in [1.807, 2.05) is 51.1 Å². The Morgan fingerprint density at radius 2 is 1.90 bits per heavy atom. The van der Waals surface area contributed by atoms with Gasteiger partial charge in [-0.1, -0.05) is 44.2 Å². The summed E-state index contributed by atoms with van der Waals surface area (Å²) in [5, 5.41) is 0. The second-order valence-electron chi connectivity index (χ2n) is 6.78. The van der Waals surface area contributed by atoms with Crippen molar-refractivity contribution in [3.8, 4) is 0 Å². The highest BCUT2D eigenvalue weighted by molar-refractivity contribution is 5.69. The lowest BCUT2D eigenvalue weighted by atomic mass is 10.1. The van der Waals surface area contributed by atoms with Crippen LogP contribution in [-0.4, -0.2) is 29.4 Å². The normalized spacial score (nSPS) is 22.7. The molecule has 1 aromatic rings. The molecular weight excluding hydrogens is 266 g/mol. The van der Waals surface area contributed by atoms with Gasteiger partial charge < -0.3 is 9.47 Å². The van der Waals surface area contributed by atoms with Gasteiger partial charge in [0.1, 0.15) is 11.8 Å². The van der Waals surface area contributed by atoms with Crippen LogP contribution >= 0.6 is 0 Å². The molecule has 1 saturated heterocycles. The quantitative estimate of drug-likeness (QED) is 0.827. The van der Waals surface area contributed by atoms with Gasteiger partial charge in [0, 0.05) is 0 Å². The number of benzene rings is 1. The summed E-state index contributed by atoms with van der Waals surface area (Å²) in [5.41, 5.74) is 0.564. The van der Waals surface area contributed by atoms with Crippen LogP contribution < -0.4 is 0 Å². The van der Waals surface area contributed by atoms with Gasteiger partial charge in [0.15, 0.2) is 0 Å². The van der Waals surface area contributed by atoms with Crippen molar-refractivity contribution in [3.05, 3.63) is 35.9 Å². The summed E-state index contributed by atoms with van der Waals surface area (Å²) in [7, 11) is 0. The van der Waals surface area contributed by atoms with Gasteiger partial charge in [0.2, 0.25) is 0 Å². The van der Waals surface area contributed by atoms with Crippen molar-refractivity contribution in [2.45, 2.75) is 52.5 Å². The highest BCUT2D eigenvalue weighted by Gasteiger charge is 2.42. The van der Waals surface area contributed by atoms with Crippen molar-refractivity contribution in [1.82, 2.24) is 4.90 Å². The van der Waals surface area contributed by atoms with E-state index in [2.05, 4.69) is 13.8 Å². The van der Waals surface area contributed by atoms with E-state index >= 15 is 0 Å². The van der Waals surface area contributed by atoms with E-state index in [4.69, 9.17) is 9.47 Å². The number of amides is 1. The van der Waals surface area contributed by atoms with Crippen LogP contribution in [-0.2, 0) is 9.47 Å². The lowest BCUT2D eigenvalue weighted by molar-refractivity contribution is -0.0303. The Balaban J connectivity index is 2.27. The molecule has 4 heteroatoms. The fraction of sp³-hybridized carbons (Fsp3) is 0.588. The molecule has 0 radical (unpaired) electrons. The van der Waals surface area contributed by atoms with Crippen molar-refractivity contribution in [2.75, 3.05) is 6.61 Å². The Morgan fingerprint density at radius 3 is 2.43 bits per heavy atom. The largest absolute Gasteiger partial charge is 0.444 e. The molecule has 1 aliphatic heterocycles. The minimum Gasteiger partial charge on any atom is -0.444 e. The van der Waals surface area contributed by atoms with Crippen molar-refractivity contribution < 1.29 is 14.3 Å². The van der Waals surface area contributed by atoms with Crippen molar-refractivity contribution in [2.24, 2.45) is 5.92 Å². The van der Waals surface area contributed by atoms with Gasteiger partial charge in [0.25, 0.3) is 0 Å². The molecule has 4 nitrogen and oxygen atoms in total. The van der Waals surface area contributed by atoms with Gasteiger partial charge in [-0.25, -0.2) is 4.79 Å². The monoisotopic (exact) mass is 291 g/mol. The third-order valence-electron chi connectivity index (χ3n) is 3.39. The Bertz CT molecular complexity index is 479. The minimum atomic E-state index is -0.511. The SMILES string of the molecule is CC(C)C1OCC(c2ccccc2)N1C(=O)OC(C)(C)C. The number of nitrogens with zero attached hydrogens (tertiary/aromatic N) is 1. The predicted octanol–water partition coefficient (Wildman–Crippen LogP) is 3.98. The van der Waals surface area contributed by atoms with Crippen LogP contribution in [0.4, 0.5) is 4.79 Å². The first-order valence-electron chi connectivity index (χ1n) is 7.47. The van der Waals surface area contributed by atoms with Crippen LogP contribution in [0.1, 0.15) is 46.2 Å². The van der Waals surface area contributed by atoms with E-state index in [0.29, 0.717) is 6.61 Å². The van der Waals surface area contributed by atoms with E-state index < -0.39 is 5.60 Å². The molecule has 1 heterocycles. The molecule has 2 rings (SSSR count). The van der Waals surface area contributed by atoms with Gasteiger partial charge in [-0.15, -0.1) is 0 Å². The summed E-state index contributed by atoms with van der Waals surface area (Å²) in [6, 6.07) is 9.88. The van der Waals surface area contributed by atoms with Gasteiger partial charge in [-0.3, -0.25) is 4.90 Å². The third kappa shape index (κ3) is 3.76. The summed E-state index contributed by atoms with van der Waals surface area (Å²) in [5.74, 6) is 0.214. The van der Waals surface area contributed by atoms with Crippen LogP contribution in [0.15, 0.2) is 30.3 Å². The molecule has 2 unspecified atom stereocenters. The zero-order chi connectivity index (χ0) is 15.6. The summed E-state index contributed by atoms with van der Waals surface area (Å²) < 4.78 is 11.4. The lowest BCUT2D eigenvalue weighted by Gasteiger charge is -2.32. The number of rotatable bonds is 2. The topological polar surface area (TPSA) is 38.8 Å². The third-order valence-corrected chi connectivity index (χ3v) is 3.39. The van der Waals surface area contributed by atoms with Gasteiger partial charge in [-0.2, -0.15) is 0 Å². The summed E-state index contributed by atoms with van der Waals surface area (Å²) in [6.07, 6.45) is -0.558. The average Bonchev–Trinajstić information content (AvgIpc) is 2.82. The first kappa shape index (κ1) is 15.8. The van der Waals surface area contributed by atoms with Gasteiger partial charge in [-0.05, 0) is 32.3 Å². The molecule has 1 aromatic carbocycles. The number of carbonyl (C=O) groups is 1. The molecule has 1 fully saturated rings. The maximum Gasteiger partial charge on any atom is 0.412 e. The summed E-state index contributed by atoms with van der Waals surface area (Å²) >= 11 is 0. The van der Waals surface area contributed by atoms with Gasteiger partial charge >= 0.3 is 6.09 Å². The molecule has 2 atom stereocenters. The maximum atomic E-state index is 12.6. The first-order chi connectivity index (χ1) is 9.79. The molecule has 0 N–H and O–H groups in total. The average molecular weight is 291 g/mol. The summed E-state index contributed by atoms with van der Waals surface area (Å²) in [6.45, 7) is 10.2. The van der Waals surface area contributed by atoms with Crippen LogP contribution in [0.3, 0.4) is 0 Å². The highest BCUT2D eigenvalue weighted by atomic mass is 16.6. The zero-order valence-electron chi connectivity index (χ0n) is 13.5. The summed E-state index contributed by atoms with van der Waals surface area (Å²) in [4.78, 5) is 14.3. The molecule has 0 spiro atoms. The minimum absolute atomic E-state index is 0.0894. The number of hydrogen-bond acceptors (Lipinski definition) is 3. The van der Waals surface area contributed by atoms with E-state index in [9.17, 15) is 4.79 Å². The molecule has 0 saturated carbocycles. The van der Waals surface area contributed by atoms with Crippen molar-refractivity contribution in [3.63, 3.8) is 0 Å². The molecule has 1 aliphatic rings. The lowest BCUT2D eigenvalue weighted by Crippen LogP contribution is -2.43. The second-order valence-corrected chi connectivity index (χ2v) is 6.78. The van der Waals surface area contributed by atoms with E-state index in [1.165, 1.54) is 0 Å². The number of hydrogen-bond donors (Lipinski definition) is 0. The molecule has 0 bridgehead atoms. The highest BCUT2D eigenvalue weighted by Crippen LogP contribution is 2.34. The molecule has 116 valence electrons. The van der Waals surface area contributed by atoms with Crippen LogP contribution in [0.25, 0.3) is 0 Å². The maximum absolute atomic E-state index is 12.6. The fourth-order valence-electron chi connectivity index (χ4n) is 2.52. The van der Waals surface area contributed by atoms with Crippen LogP contribution in [0, 0.1) is 5.92 Å². The molecular formula is C17H25NO3. The van der Waals surface area contributed by atoms with E-state index in [-0.39, 0.29) is 24.3 Å². The van der Waals surface area contributed by atoms with Crippen molar-refractivity contribution in [1.29, 1.82) is 0 Å². The van der Waals surface area contributed by atoms with Crippen LogP contribution in [0.5, 0.6) is 0 Å². The standard InChI is InChI=1S/C17H25NO3/c1-12(2)15-18(16(19)21-17(3,4)5)14(11-20-15)13-9-7-6-8-10-13/h6-10,12,14-15H,11H2,1-5H3. The molecule has 0 aromatic heterocycles. The van der Waals surface area contributed by atoms with Crippen molar-refractivity contribution >= 4 is 6.09 Å². The van der Waals surface area contributed by atoms with Gasteiger partial charge in [0.05, 0.1) is 12.6 Å². The molecule has 1 amide bonds. The Kier molecular flexibility index (Phi) is 4.57. The predicted molar refractivity (Wildman–Crippen MR) is 81.8 cm³/mol. The number of ether oxygens (including phenoxy) is 2. The Hall–Kier alpha value is -1.55. The molecule has 21 heavy (non-hydrogen) atoms. The smallest absolute Gasteiger partial charge is 0.412 e. The zero-order valence-corrected chi connectivity index (χ0v) is 13.5. The Morgan fingerprint density at radius 1 is 1.29 bits per heavy atom. The number of carbonyl (C=O) groups excluding carboxylic acids is 1. The Labute approximate surface area is 127 Å². The van der Waals surface area contributed by atoms with E-state index in [1.54, 1.807) is 4.90 Å². The van der Waals surface area contributed by atoms with E-state index in [0.717, 1.165) is 5.56 Å². The molecule has 0 aliphatic carbocycles. The first-order valence-corrected chi connectivity index (χ1v) is 7.47. The fourth-order valence-corrected chi connectivity index (χ4v) is 2.52.